The molecule has 0 aromatic carbocycles. The molecule has 2 heterocycles. The van der Waals surface area contributed by atoms with Gasteiger partial charge < -0.3 is 14.7 Å². The Morgan fingerprint density at radius 2 is 2.05 bits per heavy atom. The molecule has 0 saturated carbocycles. The summed E-state index contributed by atoms with van der Waals surface area (Å²) in [5, 5.41) is 8.69. The minimum absolute atomic E-state index is 0.163. The highest BCUT2D eigenvalue weighted by atomic mass is 16.5. The summed E-state index contributed by atoms with van der Waals surface area (Å²) >= 11 is 0. The lowest BCUT2D eigenvalue weighted by molar-refractivity contribution is -0.137. The topological polar surface area (TPSA) is 83.0 Å². The van der Waals surface area contributed by atoms with Gasteiger partial charge in [0.05, 0.1) is 19.1 Å². The normalized spacial score (nSPS) is 15.8. The third kappa shape index (κ3) is 4.16. The van der Waals surface area contributed by atoms with Crippen molar-refractivity contribution in [3.63, 3.8) is 0 Å². The summed E-state index contributed by atoms with van der Waals surface area (Å²) in [6, 6.07) is 3.34. The Hall–Kier alpha value is -2.15. The first-order valence-corrected chi connectivity index (χ1v) is 6.83. The number of aromatic nitrogens is 1. The number of methoxy groups -OCH3 is 1. The summed E-state index contributed by atoms with van der Waals surface area (Å²) in [5.41, 5.74) is 0.482. The number of piperazine rings is 1. The molecular formula is C14H19N3O4. The molecule has 1 N–H and O–H groups in total. The summed E-state index contributed by atoms with van der Waals surface area (Å²) in [7, 11) is 1.35. The number of carbonyl (C=O) groups is 2. The first-order chi connectivity index (χ1) is 10.1. The van der Waals surface area contributed by atoms with Crippen molar-refractivity contribution in [1.82, 2.24) is 9.88 Å². The molecule has 0 spiro atoms. The van der Waals surface area contributed by atoms with Crippen LogP contribution in [-0.2, 0) is 9.53 Å². The maximum absolute atomic E-state index is 11.5. The van der Waals surface area contributed by atoms with Crippen LogP contribution in [0.25, 0.3) is 0 Å². The fourth-order valence-corrected chi connectivity index (χ4v) is 2.29. The van der Waals surface area contributed by atoms with Crippen molar-refractivity contribution in [2.24, 2.45) is 0 Å². The summed E-state index contributed by atoms with van der Waals surface area (Å²) in [6.45, 7) is 3.67. The van der Waals surface area contributed by atoms with E-state index in [1.807, 2.05) is 0 Å². The number of rotatable bonds is 5. The number of carboxylic acids is 1. The summed E-state index contributed by atoms with van der Waals surface area (Å²) in [6.07, 6.45) is 1.76. The number of aliphatic carboxylic acids is 1. The van der Waals surface area contributed by atoms with Gasteiger partial charge in [-0.2, -0.15) is 0 Å². The molecular weight excluding hydrogens is 274 g/mol. The second-order valence-electron chi connectivity index (χ2n) is 4.87. The Balaban J connectivity index is 1.93. The standard InChI is InChI=1S/C14H19N3O4/c1-21-14(20)11-2-4-15-12(10-11)17-8-6-16(7-9-17)5-3-13(18)19/h2,4,10H,3,5-9H2,1H3,(H,18,19). The van der Waals surface area contributed by atoms with Crippen molar-refractivity contribution in [3.8, 4) is 0 Å². The number of pyridine rings is 1. The van der Waals surface area contributed by atoms with Crippen LogP contribution in [-0.4, -0.2) is 66.8 Å². The maximum atomic E-state index is 11.5. The third-order valence-corrected chi connectivity index (χ3v) is 3.50. The van der Waals surface area contributed by atoms with Crippen LogP contribution in [0.2, 0.25) is 0 Å². The molecule has 0 aliphatic carbocycles. The van der Waals surface area contributed by atoms with E-state index in [0.29, 0.717) is 12.1 Å². The number of esters is 1. The first kappa shape index (κ1) is 15.2. The molecule has 0 radical (unpaired) electrons. The van der Waals surface area contributed by atoms with Crippen molar-refractivity contribution in [2.75, 3.05) is 44.7 Å². The lowest BCUT2D eigenvalue weighted by Gasteiger charge is -2.35. The monoisotopic (exact) mass is 293 g/mol. The summed E-state index contributed by atoms with van der Waals surface area (Å²) in [5.74, 6) is -0.403. The van der Waals surface area contributed by atoms with Crippen LogP contribution in [0.15, 0.2) is 18.3 Å². The van der Waals surface area contributed by atoms with E-state index < -0.39 is 5.97 Å². The van der Waals surface area contributed by atoms with Crippen LogP contribution in [0, 0.1) is 0 Å². The van der Waals surface area contributed by atoms with Gasteiger partial charge in [-0.3, -0.25) is 9.69 Å². The number of hydrogen-bond acceptors (Lipinski definition) is 6. The molecule has 7 nitrogen and oxygen atoms in total. The van der Waals surface area contributed by atoms with Crippen LogP contribution >= 0.6 is 0 Å². The molecule has 1 saturated heterocycles. The molecule has 1 aromatic heterocycles. The molecule has 0 amide bonds. The predicted molar refractivity (Wildman–Crippen MR) is 76.5 cm³/mol. The van der Waals surface area contributed by atoms with Crippen LogP contribution in [0.3, 0.4) is 0 Å². The van der Waals surface area contributed by atoms with E-state index in [0.717, 1.165) is 32.0 Å². The molecule has 2 rings (SSSR count). The number of hydrogen-bond donors (Lipinski definition) is 1. The lowest BCUT2D eigenvalue weighted by atomic mass is 10.2. The zero-order valence-electron chi connectivity index (χ0n) is 12.0. The Morgan fingerprint density at radius 3 is 2.67 bits per heavy atom. The lowest BCUT2D eigenvalue weighted by Crippen LogP contribution is -2.47. The van der Waals surface area contributed by atoms with Crippen LogP contribution in [0.5, 0.6) is 0 Å². The van der Waals surface area contributed by atoms with E-state index in [1.165, 1.54) is 7.11 Å². The molecule has 114 valence electrons. The molecule has 0 bridgehead atoms. The van der Waals surface area contributed by atoms with E-state index in [1.54, 1.807) is 18.3 Å². The van der Waals surface area contributed by atoms with Crippen LogP contribution < -0.4 is 4.90 Å². The van der Waals surface area contributed by atoms with Crippen molar-refractivity contribution in [2.45, 2.75) is 6.42 Å². The van der Waals surface area contributed by atoms with Gasteiger partial charge in [0.1, 0.15) is 5.82 Å². The second-order valence-corrected chi connectivity index (χ2v) is 4.87. The SMILES string of the molecule is COC(=O)c1ccnc(N2CCN(CCC(=O)O)CC2)c1. The number of nitrogens with zero attached hydrogens (tertiary/aromatic N) is 3. The van der Waals surface area contributed by atoms with E-state index >= 15 is 0 Å². The minimum Gasteiger partial charge on any atom is -0.481 e. The van der Waals surface area contributed by atoms with Crippen molar-refractivity contribution < 1.29 is 19.4 Å². The van der Waals surface area contributed by atoms with Gasteiger partial charge in [0.2, 0.25) is 0 Å². The van der Waals surface area contributed by atoms with Gasteiger partial charge in [0, 0.05) is 38.9 Å². The van der Waals surface area contributed by atoms with Crippen LogP contribution in [0.1, 0.15) is 16.8 Å². The average Bonchev–Trinajstić information content (AvgIpc) is 2.52. The number of carbonyl (C=O) groups excluding carboxylic acids is 1. The van der Waals surface area contributed by atoms with Gasteiger partial charge >= 0.3 is 11.9 Å². The number of ether oxygens (including phenoxy) is 1. The van der Waals surface area contributed by atoms with Crippen LogP contribution in [0.4, 0.5) is 5.82 Å². The average molecular weight is 293 g/mol. The zero-order chi connectivity index (χ0) is 15.2. The van der Waals surface area contributed by atoms with Gasteiger partial charge in [-0.15, -0.1) is 0 Å². The molecule has 7 heteroatoms. The Labute approximate surface area is 123 Å². The summed E-state index contributed by atoms with van der Waals surface area (Å²) < 4.78 is 4.70. The molecule has 0 unspecified atom stereocenters. The molecule has 1 aliphatic rings. The predicted octanol–water partition coefficient (Wildman–Crippen LogP) is 0.465. The van der Waals surface area contributed by atoms with E-state index in [4.69, 9.17) is 9.84 Å². The Kier molecular flexibility index (Phi) is 5.10. The Bertz CT molecular complexity index is 513. The fraction of sp³-hybridized carbons (Fsp3) is 0.500. The molecule has 1 aromatic rings. The Morgan fingerprint density at radius 1 is 1.33 bits per heavy atom. The minimum atomic E-state index is -0.773. The van der Waals surface area contributed by atoms with E-state index in [9.17, 15) is 9.59 Å². The van der Waals surface area contributed by atoms with Crippen molar-refractivity contribution >= 4 is 17.8 Å². The highest BCUT2D eigenvalue weighted by Crippen LogP contribution is 2.15. The van der Waals surface area contributed by atoms with Crippen molar-refractivity contribution in [3.05, 3.63) is 23.9 Å². The second kappa shape index (κ2) is 7.03. The molecule has 0 atom stereocenters. The number of carboxylic acid groups (broad SMARTS) is 1. The van der Waals surface area contributed by atoms with E-state index in [2.05, 4.69) is 14.8 Å². The zero-order valence-corrected chi connectivity index (χ0v) is 12.0. The quantitative estimate of drug-likeness (QED) is 0.790. The van der Waals surface area contributed by atoms with Gasteiger partial charge in [-0.1, -0.05) is 0 Å². The van der Waals surface area contributed by atoms with Gasteiger partial charge in [-0.05, 0) is 12.1 Å². The first-order valence-electron chi connectivity index (χ1n) is 6.83. The largest absolute Gasteiger partial charge is 0.481 e. The molecule has 1 aliphatic heterocycles. The fourth-order valence-electron chi connectivity index (χ4n) is 2.29. The van der Waals surface area contributed by atoms with Gasteiger partial charge in [0.15, 0.2) is 0 Å². The number of anilines is 1. The molecule has 21 heavy (non-hydrogen) atoms. The highest BCUT2D eigenvalue weighted by molar-refractivity contribution is 5.90. The van der Waals surface area contributed by atoms with E-state index in [-0.39, 0.29) is 12.4 Å². The van der Waals surface area contributed by atoms with Gasteiger partial charge in [-0.25, -0.2) is 9.78 Å². The van der Waals surface area contributed by atoms with Gasteiger partial charge in [0.25, 0.3) is 0 Å². The smallest absolute Gasteiger partial charge is 0.338 e. The highest BCUT2D eigenvalue weighted by Gasteiger charge is 2.19. The van der Waals surface area contributed by atoms with Crippen molar-refractivity contribution in [1.29, 1.82) is 0 Å². The molecule has 1 fully saturated rings. The maximum Gasteiger partial charge on any atom is 0.338 e. The summed E-state index contributed by atoms with van der Waals surface area (Å²) in [4.78, 5) is 30.6. The third-order valence-electron chi connectivity index (χ3n) is 3.50.